The summed E-state index contributed by atoms with van der Waals surface area (Å²) in [6.07, 6.45) is 4.38. The average molecular weight is 208 g/mol. The molecule has 39 valence electrons. The van der Waals surface area contributed by atoms with Gasteiger partial charge >= 0.3 is 18.6 Å². The molecule has 0 aliphatic rings. The van der Waals surface area contributed by atoms with Crippen LogP contribution < -0.4 is 0 Å². The topological polar surface area (TPSA) is 12.9 Å². The maximum atomic E-state index is 3.71. The quantitative estimate of drug-likeness (QED) is 0.590. The molecule has 1 aromatic rings. The van der Waals surface area contributed by atoms with E-state index in [1.165, 1.54) is 0 Å². The largest absolute Gasteiger partial charge is 2.00 e. The van der Waals surface area contributed by atoms with Crippen molar-refractivity contribution >= 4 is 15.9 Å². The minimum absolute atomic E-state index is 0. The normalized spacial score (nSPS) is 7.62. The summed E-state index contributed by atoms with van der Waals surface area (Å²) in [7, 11) is 0. The molecule has 0 aromatic carbocycles. The van der Waals surface area contributed by atoms with Gasteiger partial charge in [0.15, 0.2) is 0 Å². The summed E-state index contributed by atoms with van der Waals surface area (Å²) in [6, 6.07) is 3.73. The van der Waals surface area contributed by atoms with Gasteiger partial charge in [-0.1, -0.05) is 32.8 Å². The third-order valence-corrected chi connectivity index (χ3v) is 1.02. The number of hydrogen-bond acceptors (Lipinski definition) is 1. The van der Waals surface area contributed by atoms with E-state index >= 15 is 0 Å². The van der Waals surface area contributed by atoms with Crippen LogP contribution in [0.25, 0.3) is 0 Å². The number of nitrogens with zero attached hydrogens (tertiary/aromatic N) is 1. The van der Waals surface area contributed by atoms with Gasteiger partial charge in [-0.25, -0.2) is 0 Å². The van der Waals surface area contributed by atoms with E-state index in [1.807, 2.05) is 12.1 Å². The standard InChI is InChI=1S/C5H3BrN.V/c6-5-2-1-3-7-4-5;/h1-3H;/q-1;+2. The summed E-state index contributed by atoms with van der Waals surface area (Å²) in [5.74, 6) is 0. The molecule has 0 aliphatic heterocycles. The van der Waals surface area contributed by atoms with Crippen molar-refractivity contribution in [1.82, 2.24) is 4.98 Å². The second-order valence-corrected chi connectivity index (χ2v) is 1.95. The van der Waals surface area contributed by atoms with Crippen molar-refractivity contribution in [2.75, 3.05) is 0 Å². The Morgan fingerprint density at radius 3 is 2.62 bits per heavy atom. The van der Waals surface area contributed by atoms with E-state index < -0.39 is 0 Å². The number of aromatic nitrogens is 1. The number of halogens is 1. The van der Waals surface area contributed by atoms with Gasteiger partial charge in [0.1, 0.15) is 0 Å². The van der Waals surface area contributed by atoms with Gasteiger partial charge in [0, 0.05) is 0 Å². The Hall–Kier alpha value is 0.214. The number of pyridine rings is 1. The van der Waals surface area contributed by atoms with E-state index in [4.69, 9.17) is 0 Å². The molecule has 8 heavy (non-hydrogen) atoms. The van der Waals surface area contributed by atoms with Crippen LogP contribution in [-0.2, 0) is 18.6 Å². The number of hydrogen-bond donors (Lipinski definition) is 0. The van der Waals surface area contributed by atoms with Crippen LogP contribution in [0.3, 0.4) is 0 Å². The molecule has 0 amide bonds. The summed E-state index contributed by atoms with van der Waals surface area (Å²) in [5, 5.41) is 0. The van der Waals surface area contributed by atoms with E-state index in [2.05, 4.69) is 27.1 Å². The minimum Gasteiger partial charge on any atom is -0.393 e. The van der Waals surface area contributed by atoms with Crippen molar-refractivity contribution in [1.29, 1.82) is 0 Å². The molecule has 0 unspecified atom stereocenters. The summed E-state index contributed by atoms with van der Waals surface area (Å²) < 4.78 is 0.898. The van der Waals surface area contributed by atoms with Gasteiger partial charge in [0.25, 0.3) is 0 Å². The Balaban J connectivity index is 0.000000490. The molecule has 0 atom stereocenters. The van der Waals surface area contributed by atoms with Crippen LogP contribution in [0.5, 0.6) is 0 Å². The predicted molar refractivity (Wildman–Crippen MR) is 30.8 cm³/mol. The maximum Gasteiger partial charge on any atom is 2.00 e. The first kappa shape index (κ1) is 8.21. The van der Waals surface area contributed by atoms with Gasteiger partial charge in [0.2, 0.25) is 0 Å². The fourth-order valence-corrected chi connectivity index (χ4v) is 0.562. The third-order valence-electron chi connectivity index (χ3n) is 0.575. The van der Waals surface area contributed by atoms with E-state index in [1.54, 1.807) is 6.20 Å². The van der Waals surface area contributed by atoms with Crippen molar-refractivity contribution in [3.63, 3.8) is 0 Å². The molecule has 1 radical (unpaired) electrons. The van der Waals surface area contributed by atoms with Gasteiger partial charge in [-0.2, -0.15) is 12.1 Å². The fraction of sp³-hybridized carbons (Fsp3) is 0. The minimum atomic E-state index is 0. The van der Waals surface area contributed by atoms with Gasteiger partial charge in [-0.15, -0.1) is 0 Å². The van der Waals surface area contributed by atoms with Crippen LogP contribution in [0, 0.1) is 6.20 Å². The molecule has 1 aromatic heterocycles. The summed E-state index contributed by atoms with van der Waals surface area (Å²) in [5.41, 5.74) is 0. The van der Waals surface area contributed by atoms with Crippen molar-refractivity contribution in [3.8, 4) is 0 Å². The molecule has 1 heterocycles. The van der Waals surface area contributed by atoms with Gasteiger partial charge in [-0.05, 0) is 0 Å². The second-order valence-electron chi connectivity index (χ2n) is 1.10. The van der Waals surface area contributed by atoms with Crippen molar-refractivity contribution < 1.29 is 18.6 Å². The average Bonchev–Trinajstić information content (AvgIpc) is 1.69. The molecule has 0 spiro atoms. The van der Waals surface area contributed by atoms with Gasteiger partial charge < -0.3 is 4.98 Å². The van der Waals surface area contributed by atoms with Crippen LogP contribution in [-0.4, -0.2) is 4.98 Å². The smallest absolute Gasteiger partial charge is 0.393 e. The zero-order valence-electron chi connectivity index (χ0n) is 4.00. The molecule has 0 aliphatic carbocycles. The van der Waals surface area contributed by atoms with Crippen LogP contribution in [0.4, 0.5) is 0 Å². The first-order chi connectivity index (χ1) is 3.39. The molecular formula is C5H3BrNV+. The molecular weight excluding hydrogens is 205 g/mol. The van der Waals surface area contributed by atoms with Crippen LogP contribution >= 0.6 is 15.9 Å². The van der Waals surface area contributed by atoms with Crippen molar-refractivity contribution in [3.05, 3.63) is 29.0 Å². The zero-order chi connectivity index (χ0) is 5.11. The van der Waals surface area contributed by atoms with Crippen LogP contribution in [0.1, 0.15) is 0 Å². The summed E-state index contributed by atoms with van der Waals surface area (Å²) in [6.45, 7) is 0. The predicted octanol–water partition coefficient (Wildman–Crippen LogP) is 1.64. The van der Waals surface area contributed by atoms with Crippen LogP contribution in [0.2, 0.25) is 0 Å². The zero-order valence-corrected chi connectivity index (χ0v) is 6.99. The monoisotopic (exact) mass is 207 g/mol. The van der Waals surface area contributed by atoms with Crippen LogP contribution in [0.15, 0.2) is 22.8 Å². The van der Waals surface area contributed by atoms with E-state index in [9.17, 15) is 0 Å². The molecule has 1 rings (SSSR count). The van der Waals surface area contributed by atoms with Crippen molar-refractivity contribution in [2.24, 2.45) is 0 Å². The Morgan fingerprint density at radius 2 is 2.38 bits per heavy atom. The summed E-state index contributed by atoms with van der Waals surface area (Å²) in [4.78, 5) is 3.71. The third kappa shape index (κ3) is 2.50. The maximum absolute atomic E-state index is 3.71. The number of rotatable bonds is 0. The van der Waals surface area contributed by atoms with E-state index in [0.717, 1.165) is 4.47 Å². The molecule has 3 heteroatoms. The summed E-state index contributed by atoms with van der Waals surface area (Å²) >= 11 is 3.19. The molecule has 0 N–H and O–H groups in total. The molecule has 0 saturated carbocycles. The van der Waals surface area contributed by atoms with E-state index in [-0.39, 0.29) is 18.6 Å². The van der Waals surface area contributed by atoms with Crippen molar-refractivity contribution in [2.45, 2.75) is 0 Å². The first-order valence-corrected chi connectivity index (χ1v) is 2.67. The SMILES string of the molecule is Brc1[c-]nccc1.[V+2]. The Labute approximate surface area is 68.5 Å². The Kier molecular flexibility index (Phi) is 4.24. The van der Waals surface area contributed by atoms with E-state index in [0.29, 0.717) is 0 Å². The van der Waals surface area contributed by atoms with Gasteiger partial charge in [0.05, 0.1) is 0 Å². The molecule has 0 bridgehead atoms. The first-order valence-electron chi connectivity index (χ1n) is 1.88. The molecule has 0 fully saturated rings. The van der Waals surface area contributed by atoms with Gasteiger partial charge in [-0.3, -0.25) is 0 Å². The Bertz CT molecular complexity index is 142. The fourth-order valence-electron chi connectivity index (χ4n) is 0.307. The molecule has 0 saturated heterocycles. The Morgan fingerprint density at radius 1 is 1.62 bits per heavy atom. The second kappa shape index (κ2) is 4.13. The molecule has 1 nitrogen and oxygen atoms in total.